The van der Waals surface area contributed by atoms with Crippen LogP contribution in [0.5, 0.6) is 5.75 Å². The van der Waals surface area contributed by atoms with Crippen LogP contribution < -0.4 is 4.90 Å². The molecule has 1 saturated carbocycles. The van der Waals surface area contributed by atoms with Crippen LogP contribution in [0.4, 0.5) is 5.69 Å². The average Bonchev–Trinajstić information content (AvgIpc) is 3.08. The highest BCUT2D eigenvalue weighted by Crippen LogP contribution is 2.53. The molecule has 2 aliphatic carbocycles. The molecule has 102 valence electrons. The number of anilines is 1. The molecule has 1 aromatic carbocycles. The van der Waals surface area contributed by atoms with Crippen LogP contribution in [0.1, 0.15) is 6.42 Å². The lowest BCUT2D eigenvalue weighted by atomic mass is 9.85. The summed E-state index contributed by atoms with van der Waals surface area (Å²) in [5, 5.41) is 10.3. The van der Waals surface area contributed by atoms with Crippen molar-refractivity contribution >= 4 is 29.1 Å². The van der Waals surface area contributed by atoms with Gasteiger partial charge in [-0.3, -0.25) is 9.59 Å². The second-order valence-electron chi connectivity index (χ2n) is 5.64. The topological polar surface area (TPSA) is 57.6 Å². The van der Waals surface area contributed by atoms with Crippen LogP contribution >= 0.6 is 11.6 Å². The Morgan fingerprint density at radius 3 is 2.30 bits per heavy atom. The zero-order valence-electron chi connectivity index (χ0n) is 10.5. The van der Waals surface area contributed by atoms with Crippen molar-refractivity contribution in [2.45, 2.75) is 6.42 Å². The van der Waals surface area contributed by atoms with Crippen LogP contribution in [0, 0.1) is 23.7 Å². The summed E-state index contributed by atoms with van der Waals surface area (Å²) in [4.78, 5) is 26.3. The highest BCUT2D eigenvalue weighted by atomic mass is 35.5. The maximum absolute atomic E-state index is 12.6. The largest absolute Gasteiger partial charge is 0.506 e. The molecule has 1 aliphatic heterocycles. The van der Waals surface area contributed by atoms with Gasteiger partial charge in [-0.15, -0.1) is 0 Å². The molecule has 0 spiro atoms. The number of imide groups is 1. The van der Waals surface area contributed by atoms with Crippen molar-refractivity contribution in [3.63, 3.8) is 0 Å². The van der Waals surface area contributed by atoms with Gasteiger partial charge in [0.2, 0.25) is 11.8 Å². The fraction of sp³-hybridized carbons (Fsp3) is 0.333. The van der Waals surface area contributed by atoms with Gasteiger partial charge >= 0.3 is 0 Å². The predicted octanol–water partition coefficient (Wildman–Crippen LogP) is 2.36. The van der Waals surface area contributed by atoms with E-state index in [1.165, 1.54) is 18.2 Å². The first-order chi connectivity index (χ1) is 9.58. The Kier molecular flexibility index (Phi) is 2.31. The minimum absolute atomic E-state index is 0.101. The first kappa shape index (κ1) is 12.0. The maximum atomic E-state index is 12.6. The Labute approximate surface area is 120 Å². The normalized spacial score (nSPS) is 34.1. The number of carbonyl (C=O) groups is 2. The fourth-order valence-corrected chi connectivity index (χ4v) is 3.98. The molecule has 3 aliphatic rings. The SMILES string of the molecule is O=C1[C@@H]2[C@H](C(=O)N1c1cc(Cl)ccc1O)[C@H]1C=C[C@H]2C1. The lowest BCUT2D eigenvalue weighted by Crippen LogP contribution is -2.32. The molecular formula is C15H12ClNO3. The summed E-state index contributed by atoms with van der Waals surface area (Å²) in [6.45, 7) is 0. The van der Waals surface area contributed by atoms with E-state index >= 15 is 0 Å². The fourth-order valence-electron chi connectivity index (χ4n) is 3.82. The van der Waals surface area contributed by atoms with E-state index in [2.05, 4.69) is 0 Å². The first-order valence-corrected chi connectivity index (χ1v) is 7.00. The Hall–Kier alpha value is -1.81. The number of phenolic OH excluding ortho intramolecular Hbond substituents is 1. The summed E-state index contributed by atoms with van der Waals surface area (Å²) < 4.78 is 0. The van der Waals surface area contributed by atoms with E-state index in [0.29, 0.717) is 5.02 Å². The molecule has 2 amide bonds. The summed E-state index contributed by atoms with van der Waals surface area (Å²) in [6.07, 6.45) is 4.97. The van der Waals surface area contributed by atoms with Gasteiger partial charge in [0.05, 0.1) is 17.5 Å². The van der Waals surface area contributed by atoms with E-state index in [1.807, 2.05) is 12.2 Å². The standard InChI is InChI=1S/C15H12ClNO3/c16-9-3-4-11(18)10(6-9)17-14(19)12-7-1-2-8(5-7)13(12)15(17)20/h1-4,6-8,12-13,18H,5H2/t7-,8-,12-,13+/m0/s1. The molecule has 1 saturated heterocycles. The highest BCUT2D eigenvalue weighted by Gasteiger charge is 2.59. The number of hydrogen-bond acceptors (Lipinski definition) is 3. The van der Waals surface area contributed by atoms with Crippen molar-refractivity contribution in [2.75, 3.05) is 4.90 Å². The van der Waals surface area contributed by atoms with Crippen molar-refractivity contribution in [3.8, 4) is 5.75 Å². The summed E-state index contributed by atoms with van der Waals surface area (Å²) in [5.41, 5.74) is 0.196. The molecule has 4 rings (SSSR count). The third-order valence-electron chi connectivity index (χ3n) is 4.65. The molecule has 5 heteroatoms. The number of fused-ring (bicyclic) bond motifs is 5. The molecule has 0 aromatic heterocycles. The van der Waals surface area contributed by atoms with Crippen molar-refractivity contribution in [1.82, 2.24) is 0 Å². The number of rotatable bonds is 1. The van der Waals surface area contributed by atoms with Crippen LogP contribution in [0.3, 0.4) is 0 Å². The number of nitrogens with zero attached hydrogens (tertiary/aromatic N) is 1. The highest BCUT2D eigenvalue weighted by molar-refractivity contribution is 6.31. The minimum atomic E-state index is -0.268. The van der Waals surface area contributed by atoms with Crippen molar-refractivity contribution < 1.29 is 14.7 Å². The van der Waals surface area contributed by atoms with Crippen LogP contribution in [0.15, 0.2) is 30.4 Å². The molecule has 0 radical (unpaired) electrons. The number of benzene rings is 1. The smallest absolute Gasteiger partial charge is 0.238 e. The Bertz CT molecular complexity index is 639. The van der Waals surface area contributed by atoms with E-state index in [0.717, 1.165) is 11.3 Å². The summed E-state index contributed by atoms with van der Waals surface area (Å²) in [7, 11) is 0. The zero-order chi connectivity index (χ0) is 14.0. The molecule has 2 bridgehead atoms. The van der Waals surface area contributed by atoms with Crippen LogP contribution in [0.2, 0.25) is 5.02 Å². The number of phenols is 1. The summed E-state index contributed by atoms with van der Waals surface area (Å²) >= 11 is 5.91. The quantitative estimate of drug-likeness (QED) is 0.638. The minimum Gasteiger partial charge on any atom is -0.506 e. The molecule has 2 fully saturated rings. The lowest BCUT2D eigenvalue weighted by Gasteiger charge is -2.18. The van der Waals surface area contributed by atoms with Crippen LogP contribution in [0.25, 0.3) is 0 Å². The molecule has 1 heterocycles. The molecule has 20 heavy (non-hydrogen) atoms. The van der Waals surface area contributed by atoms with Crippen molar-refractivity contribution in [2.24, 2.45) is 23.7 Å². The average molecular weight is 290 g/mol. The number of carbonyl (C=O) groups excluding carboxylic acids is 2. The lowest BCUT2D eigenvalue weighted by molar-refractivity contribution is -0.123. The summed E-state index contributed by atoms with van der Waals surface area (Å²) in [5.74, 6) is -0.743. The number of allylic oxidation sites excluding steroid dienone is 2. The van der Waals surface area contributed by atoms with Crippen LogP contribution in [-0.2, 0) is 9.59 Å². The van der Waals surface area contributed by atoms with Gasteiger partial charge in [0.25, 0.3) is 0 Å². The number of halogens is 1. The van der Waals surface area contributed by atoms with E-state index in [1.54, 1.807) is 0 Å². The number of aromatic hydroxyl groups is 1. The molecule has 4 atom stereocenters. The third kappa shape index (κ3) is 1.37. The van der Waals surface area contributed by atoms with Crippen LogP contribution in [-0.4, -0.2) is 16.9 Å². The Morgan fingerprint density at radius 1 is 1.10 bits per heavy atom. The van der Waals surface area contributed by atoms with Gasteiger partial charge in [0.1, 0.15) is 5.75 Å². The monoisotopic (exact) mass is 289 g/mol. The maximum Gasteiger partial charge on any atom is 0.238 e. The molecular weight excluding hydrogens is 278 g/mol. The van der Waals surface area contributed by atoms with Gasteiger partial charge < -0.3 is 5.11 Å². The van der Waals surface area contributed by atoms with Crippen molar-refractivity contribution in [3.05, 3.63) is 35.4 Å². The first-order valence-electron chi connectivity index (χ1n) is 6.62. The molecule has 4 nitrogen and oxygen atoms in total. The van der Waals surface area contributed by atoms with Gasteiger partial charge in [-0.1, -0.05) is 23.8 Å². The second-order valence-corrected chi connectivity index (χ2v) is 6.08. The van der Waals surface area contributed by atoms with E-state index in [9.17, 15) is 14.7 Å². The molecule has 1 aromatic rings. The van der Waals surface area contributed by atoms with E-state index in [-0.39, 0.29) is 46.9 Å². The Balaban J connectivity index is 1.80. The number of hydrogen-bond donors (Lipinski definition) is 1. The molecule has 0 unspecified atom stereocenters. The molecule has 1 N–H and O–H groups in total. The van der Waals surface area contributed by atoms with E-state index < -0.39 is 0 Å². The van der Waals surface area contributed by atoms with Gasteiger partial charge in [-0.25, -0.2) is 4.90 Å². The number of amides is 2. The van der Waals surface area contributed by atoms with Gasteiger partial charge in [-0.05, 0) is 36.5 Å². The van der Waals surface area contributed by atoms with Gasteiger partial charge in [0, 0.05) is 5.02 Å². The predicted molar refractivity (Wildman–Crippen MR) is 73.3 cm³/mol. The van der Waals surface area contributed by atoms with E-state index in [4.69, 9.17) is 11.6 Å². The third-order valence-corrected chi connectivity index (χ3v) is 4.88. The summed E-state index contributed by atoms with van der Waals surface area (Å²) in [6, 6.07) is 4.39. The van der Waals surface area contributed by atoms with Gasteiger partial charge in [-0.2, -0.15) is 0 Å². The Morgan fingerprint density at radius 2 is 1.70 bits per heavy atom. The van der Waals surface area contributed by atoms with Crippen molar-refractivity contribution in [1.29, 1.82) is 0 Å². The second kappa shape index (κ2) is 3.85. The van der Waals surface area contributed by atoms with Gasteiger partial charge in [0.15, 0.2) is 0 Å². The zero-order valence-corrected chi connectivity index (χ0v) is 11.2.